The summed E-state index contributed by atoms with van der Waals surface area (Å²) in [6, 6.07) is 57.0. The van der Waals surface area contributed by atoms with Gasteiger partial charge in [-0.15, -0.1) is 11.3 Å². The number of allylic oxidation sites excluding steroid dienone is 4. The molecule has 4 aromatic heterocycles. The van der Waals surface area contributed by atoms with Crippen molar-refractivity contribution >= 4 is 91.8 Å². The number of para-hydroxylation sites is 3. The van der Waals surface area contributed by atoms with E-state index in [1.165, 1.54) is 64.3 Å². The summed E-state index contributed by atoms with van der Waals surface area (Å²) in [4.78, 5) is 14.6. The highest BCUT2D eigenvalue weighted by molar-refractivity contribution is 8.08. The summed E-state index contributed by atoms with van der Waals surface area (Å²) < 4.78 is 6.09. The summed E-state index contributed by atoms with van der Waals surface area (Å²) in [7, 11) is 0. The topological polar surface area (TPSA) is 35.6 Å². The van der Waals surface area contributed by atoms with E-state index in [9.17, 15) is 0 Å². The molecule has 4 nitrogen and oxygen atoms in total. The normalized spacial score (nSPS) is 16.3. The molecule has 7 aromatic carbocycles. The van der Waals surface area contributed by atoms with E-state index in [2.05, 4.69) is 191 Å². The van der Waals surface area contributed by atoms with Crippen LogP contribution in [-0.4, -0.2) is 19.1 Å². The zero-order valence-corrected chi connectivity index (χ0v) is 34.6. The van der Waals surface area contributed by atoms with Crippen LogP contribution in [-0.2, 0) is 6.42 Å². The molecule has 0 fully saturated rings. The number of rotatable bonds is 3. The number of hydrogen-bond acceptors (Lipinski definition) is 4. The third-order valence-corrected chi connectivity index (χ3v) is 15.0. The molecule has 1 aliphatic heterocycles. The number of benzene rings is 7. The molecular formula is C55H36N4S2. The molecule has 2 atom stereocenters. The average molecular weight is 817 g/mol. The van der Waals surface area contributed by atoms with Crippen molar-refractivity contribution in [3.8, 4) is 22.9 Å². The molecule has 288 valence electrons. The van der Waals surface area contributed by atoms with Gasteiger partial charge < -0.3 is 4.57 Å². The second-order valence-corrected chi connectivity index (χ2v) is 18.3. The molecule has 2 unspecified atom stereocenters. The molecule has 1 aliphatic carbocycles. The van der Waals surface area contributed by atoms with Crippen LogP contribution >= 0.6 is 23.1 Å². The quantitative estimate of drug-likeness (QED) is 0.178. The van der Waals surface area contributed by atoms with Gasteiger partial charge in [-0.3, -0.25) is 4.57 Å². The van der Waals surface area contributed by atoms with E-state index in [4.69, 9.17) is 16.5 Å². The van der Waals surface area contributed by atoms with Crippen LogP contribution in [0.15, 0.2) is 194 Å². The zero-order valence-electron chi connectivity index (χ0n) is 33.0. The summed E-state index contributed by atoms with van der Waals surface area (Å²) in [5.41, 5.74) is 9.29. The lowest BCUT2D eigenvalue weighted by molar-refractivity contribution is 0.553. The van der Waals surface area contributed by atoms with Crippen molar-refractivity contribution in [3.63, 3.8) is 0 Å². The van der Waals surface area contributed by atoms with Crippen LogP contribution < -0.4 is 0 Å². The van der Waals surface area contributed by atoms with Crippen LogP contribution in [0.4, 0.5) is 0 Å². The van der Waals surface area contributed by atoms with Gasteiger partial charge in [0.05, 0.1) is 21.9 Å². The minimum absolute atomic E-state index is 0.0769. The van der Waals surface area contributed by atoms with E-state index in [0.717, 1.165) is 49.6 Å². The van der Waals surface area contributed by atoms with E-state index in [0.29, 0.717) is 5.82 Å². The number of thioether (sulfide) groups is 1. The van der Waals surface area contributed by atoms with E-state index in [1.807, 2.05) is 0 Å². The Morgan fingerprint density at radius 3 is 2.18 bits per heavy atom. The van der Waals surface area contributed by atoms with Gasteiger partial charge in [-0.1, -0.05) is 164 Å². The fraction of sp³-hybridized carbons (Fsp3) is 0.0545. The van der Waals surface area contributed by atoms with Gasteiger partial charge in [0, 0.05) is 64.5 Å². The highest BCUT2D eigenvalue weighted by Gasteiger charge is 2.34. The van der Waals surface area contributed by atoms with E-state index in [1.54, 1.807) is 23.1 Å². The number of fused-ring (bicyclic) bond motifs is 14. The van der Waals surface area contributed by atoms with Crippen molar-refractivity contribution in [2.24, 2.45) is 5.92 Å². The number of hydrogen-bond donors (Lipinski definition) is 0. The SMILES string of the molecule is C=C1Sc2ccccc2CC2C=CC=CC2c2c1c1ccccc1n2-c1nc(-c2ccc3c4ccccc4n(-c4ccccc4)c3c2)nc2sc3c4ccccc4ccc3c12. The van der Waals surface area contributed by atoms with E-state index < -0.39 is 0 Å². The maximum absolute atomic E-state index is 5.79. The largest absolute Gasteiger partial charge is 0.309 e. The first kappa shape index (κ1) is 34.8. The molecule has 2 aliphatic rings. The molecule has 11 aromatic rings. The molecule has 13 rings (SSSR count). The molecule has 0 amide bonds. The highest BCUT2D eigenvalue weighted by Crippen LogP contribution is 2.51. The average Bonchev–Trinajstić information content (AvgIpc) is 3.98. The lowest BCUT2D eigenvalue weighted by atomic mass is 9.80. The number of nitrogens with zero attached hydrogens (tertiary/aromatic N) is 4. The van der Waals surface area contributed by atoms with Gasteiger partial charge in [-0.25, -0.2) is 9.97 Å². The van der Waals surface area contributed by atoms with Gasteiger partial charge in [0.15, 0.2) is 11.6 Å². The highest BCUT2D eigenvalue weighted by atomic mass is 32.2. The van der Waals surface area contributed by atoms with Gasteiger partial charge >= 0.3 is 0 Å². The summed E-state index contributed by atoms with van der Waals surface area (Å²) >= 11 is 3.56. The number of thiophene rings is 1. The van der Waals surface area contributed by atoms with Crippen molar-refractivity contribution < 1.29 is 0 Å². The summed E-state index contributed by atoms with van der Waals surface area (Å²) in [6.45, 7) is 4.85. The van der Waals surface area contributed by atoms with Gasteiger partial charge in [-0.05, 0) is 65.1 Å². The summed E-state index contributed by atoms with van der Waals surface area (Å²) in [5.74, 6) is 1.92. The smallest absolute Gasteiger partial charge is 0.163 e. The zero-order chi connectivity index (χ0) is 40.2. The molecule has 0 spiro atoms. The lowest BCUT2D eigenvalue weighted by Crippen LogP contribution is -2.18. The third kappa shape index (κ3) is 5.26. The lowest BCUT2D eigenvalue weighted by Gasteiger charge is -2.27. The Balaban J connectivity index is 1.14. The van der Waals surface area contributed by atoms with Crippen molar-refractivity contribution in [2.75, 3.05) is 0 Å². The van der Waals surface area contributed by atoms with Crippen molar-refractivity contribution in [1.29, 1.82) is 0 Å². The first-order valence-electron chi connectivity index (χ1n) is 20.8. The number of aromatic nitrogens is 4. The Morgan fingerprint density at radius 2 is 1.30 bits per heavy atom. The molecule has 0 saturated carbocycles. The van der Waals surface area contributed by atoms with Crippen LogP contribution in [0, 0.1) is 5.92 Å². The first-order valence-corrected chi connectivity index (χ1v) is 22.5. The standard InChI is InChI=1S/C55H36N4S2/c1-33-49-43-23-11-13-25-46(43)59(51(49)39-20-8-6-16-35(39)31-36-17-7-14-26-48(36)60-33)54-50-44-30-27-34-15-5-9-21-40(34)52(44)61-55(50)57-53(56-54)37-28-29-42-41-22-10-12-24-45(41)58(47(42)32-37)38-18-3-2-4-19-38/h2-30,32,35,39H,1,31H2. The molecule has 0 bridgehead atoms. The second kappa shape index (κ2) is 13.5. The molecular weight excluding hydrogens is 781 g/mol. The predicted octanol–water partition coefficient (Wildman–Crippen LogP) is 14.9. The molecule has 0 radical (unpaired) electrons. The summed E-state index contributed by atoms with van der Waals surface area (Å²) in [6.07, 6.45) is 10.2. The Hall–Kier alpha value is -6.99. The predicted molar refractivity (Wildman–Crippen MR) is 259 cm³/mol. The van der Waals surface area contributed by atoms with E-state index in [-0.39, 0.29) is 11.8 Å². The molecule has 0 N–H and O–H groups in total. The Labute approximate surface area is 360 Å². The molecule has 61 heavy (non-hydrogen) atoms. The van der Waals surface area contributed by atoms with Gasteiger partial charge in [-0.2, -0.15) is 0 Å². The maximum atomic E-state index is 5.79. The van der Waals surface area contributed by atoms with Crippen LogP contribution in [0.25, 0.3) is 91.6 Å². The van der Waals surface area contributed by atoms with Crippen molar-refractivity contribution in [2.45, 2.75) is 17.2 Å². The Kier molecular flexibility index (Phi) is 7.72. The van der Waals surface area contributed by atoms with Crippen LogP contribution in [0.1, 0.15) is 22.7 Å². The molecule has 0 saturated heterocycles. The van der Waals surface area contributed by atoms with Gasteiger partial charge in [0.2, 0.25) is 0 Å². The third-order valence-electron chi connectivity index (χ3n) is 12.8. The van der Waals surface area contributed by atoms with Crippen molar-refractivity contribution in [1.82, 2.24) is 19.1 Å². The van der Waals surface area contributed by atoms with Crippen LogP contribution in [0.3, 0.4) is 0 Å². The van der Waals surface area contributed by atoms with Gasteiger partial charge in [0.1, 0.15) is 4.83 Å². The molecule has 5 heterocycles. The van der Waals surface area contributed by atoms with Crippen molar-refractivity contribution in [3.05, 3.63) is 205 Å². The second-order valence-electron chi connectivity index (χ2n) is 16.1. The van der Waals surface area contributed by atoms with Gasteiger partial charge in [0.25, 0.3) is 0 Å². The minimum atomic E-state index is 0.0769. The summed E-state index contributed by atoms with van der Waals surface area (Å²) in [5, 5.41) is 8.31. The van der Waals surface area contributed by atoms with Crippen LogP contribution in [0.2, 0.25) is 0 Å². The minimum Gasteiger partial charge on any atom is -0.309 e. The van der Waals surface area contributed by atoms with E-state index >= 15 is 0 Å². The van der Waals surface area contributed by atoms with Crippen LogP contribution in [0.5, 0.6) is 0 Å². The Bertz CT molecular complexity index is 3700. The Morgan fingerprint density at radius 1 is 0.590 bits per heavy atom. The first-order chi connectivity index (χ1) is 30.2. The molecule has 6 heteroatoms. The maximum Gasteiger partial charge on any atom is 0.163 e. The fourth-order valence-electron chi connectivity index (χ4n) is 10.1. The monoisotopic (exact) mass is 816 g/mol. The fourth-order valence-corrected chi connectivity index (χ4v) is 12.3.